The van der Waals surface area contributed by atoms with E-state index in [-0.39, 0.29) is 16.7 Å². The molecule has 21 heavy (non-hydrogen) atoms. The van der Waals surface area contributed by atoms with Gasteiger partial charge >= 0.3 is 0 Å². The number of hydrogen-bond donors (Lipinski definition) is 2. The number of thiophene rings is 1. The molecule has 112 valence electrons. The summed E-state index contributed by atoms with van der Waals surface area (Å²) in [7, 11) is -3.56. The van der Waals surface area contributed by atoms with Gasteiger partial charge in [-0.3, -0.25) is 0 Å². The Hall–Kier alpha value is -1.21. The molecule has 0 bridgehead atoms. The maximum Gasteiger partial charge on any atom is 0.250 e. The van der Waals surface area contributed by atoms with Crippen molar-refractivity contribution in [3.8, 4) is 0 Å². The van der Waals surface area contributed by atoms with Crippen LogP contribution in [0.4, 0.5) is 0 Å². The highest BCUT2D eigenvalue weighted by atomic mass is 32.2. The molecule has 2 aromatic rings. The summed E-state index contributed by atoms with van der Waals surface area (Å²) in [5.74, 6) is 0.117. The lowest BCUT2D eigenvalue weighted by molar-refractivity contribution is 0.0185. The lowest BCUT2D eigenvalue weighted by Gasteiger charge is -2.29. The second kappa shape index (κ2) is 5.53. The second-order valence-electron chi connectivity index (χ2n) is 5.32. The van der Waals surface area contributed by atoms with E-state index in [1.807, 2.05) is 30.3 Å². The summed E-state index contributed by atoms with van der Waals surface area (Å²) >= 11 is 1.17. The number of benzene rings is 1. The molecule has 1 heterocycles. The summed E-state index contributed by atoms with van der Waals surface area (Å²) in [6.45, 7) is 0.00190. The third-order valence-electron chi connectivity index (χ3n) is 3.82. The molecule has 0 amide bonds. The number of nitrogens with one attached hydrogen (secondary N) is 1. The van der Waals surface area contributed by atoms with Crippen LogP contribution in [-0.4, -0.2) is 20.1 Å². The predicted octanol–water partition coefficient (Wildman–Crippen LogP) is 2.32. The minimum Gasteiger partial charge on any atom is -0.383 e. The largest absolute Gasteiger partial charge is 0.383 e. The summed E-state index contributed by atoms with van der Waals surface area (Å²) in [5.41, 5.74) is -0.368. The highest BCUT2D eigenvalue weighted by molar-refractivity contribution is 7.91. The SMILES string of the molecule is O=S(=O)(NCC(O)(c1ccccc1)C1CC1)c1cccs1. The fraction of sp³-hybridized carbons (Fsp3) is 0.333. The smallest absolute Gasteiger partial charge is 0.250 e. The number of sulfonamides is 1. The molecule has 1 aliphatic carbocycles. The van der Waals surface area contributed by atoms with E-state index in [4.69, 9.17) is 0 Å². The molecule has 1 atom stereocenters. The van der Waals surface area contributed by atoms with Gasteiger partial charge in [0.2, 0.25) is 10.0 Å². The molecule has 0 aliphatic heterocycles. The maximum atomic E-state index is 12.2. The van der Waals surface area contributed by atoms with Gasteiger partial charge in [0.1, 0.15) is 9.81 Å². The van der Waals surface area contributed by atoms with Crippen LogP contribution in [0.5, 0.6) is 0 Å². The minimum atomic E-state index is -3.56. The van der Waals surface area contributed by atoms with E-state index in [9.17, 15) is 13.5 Å². The van der Waals surface area contributed by atoms with Gasteiger partial charge in [0, 0.05) is 6.54 Å². The van der Waals surface area contributed by atoms with Crippen molar-refractivity contribution < 1.29 is 13.5 Å². The fourth-order valence-corrected chi connectivity index (χ4v) is 4.57. The Bertz CT molecular complexity index is 694. The average Bonchev–Trinajstić information content (AvgIpc) is 3.20. The van der Waals surface area contributed by atoms with Gasteiger partial charge in [0.25, 0.3) is 0 Å². The molecule has 6 heteroatoms. The molecule has 1 unspecified atom stereocenters. The van der Waals surface area contributed by atoms with Crippen molar-refractivity contribution in [2.45, 2.75) is 22.7 Å². The molecular formula is C15H17NO3S2. The molecule has 1 aromatic carbocycles. The molecule has 0 radical (unpaired) electrons. The summed E-state index contributed by atoms with van der Waals surface area (Å²) in [5, 5.41) is 12.7. The molecule has 2 N–H and O–H groups in total. The Kier molecular flexibility index (Phi) is 3.88. The van der Waals surface area contributed by atoms with Crippen LogP contribution < -0.4 is 4.72 Å². The normalized spacial score (nSPS) is 18.3. The van der Waals surface area contributed by atoms with Crippen molar-refractivity contribution in [3.05, 3.63) is 53.4 Å². The zero-order chi connectivity index (χ0) is 14.9. The van der Waals surface area contributed by atoms with Crippen LogP contribution in [0.25, 0.3) is 0 Å². The third kappa shape index (κ3) is 3.03. The van der Waals surface area contributed by atoms with E-state index >= 15 is 0 Å². The molecule has 1 aromatic heterocycles. The molecule has 1 saturated carbocycles. The Morgan fingerprint density at radius 2 is 1.90 bits per heavy atom. The lowest BCUT2D eigenvalue weighted by Crippen LogP contribution is -2.42. The summed E-state index contributed by atoms with van der Waals surface area (Å²) in [4.78, 5) is 0. The van der Waals surface area contributed by atoms with Gasteiger partial charge in [0.05, 0.1) is 0 Å². The first kappa shape index (κ1) is 14.7. The quantitative estimate of drug-likeness (QED) is 0.857. The van der Waals surface area contributed by atoms with Crippen molar-refractivity contribution in [3.63, 3.8) is 0 Å². The molecule has 1 fully saturated rings. The summed E-state index contributed by atoms with van der Waals surface area (Å²) < 4.78 is 27.2. The molecule has 3 rings (SSSR count). The molecule has 0 saturated heterocycles. The second-order valence-corrected chi connectivity index (χ2v) is 8.26. The number of rotatable bonds is 6. The monoisotopic (exact) mass is 323 g/mol. The lowest BCUT2D eigenvalue weighted by atomic mass is 9.89. The van der Waals surface area contributed by atoms with E-state index in [1.165, 1.54) is 11.3 Å². The van der Waals surface area contributed by atoms with Crippen molar-refractivity contribution in [2.24, 2.45) is 5.92 Å². The van der Waals surface area contributed by atoms with Crippen LogP contribution in [0.15, 0.2) is 52.1 Å². The Labute approximate surface area is 128 Å². The molecule has 1 aliphatic rings. The maximum absolute atomic E-state index is 12.2. The fourth-order valence-electron chi connectivity index (χ4n) is 2.46. The van der Waals surface area contributed by atoms with Crippen molar-refractivity contribution >= 4 is 21.4 Å². The molecule has 0 spiro atoms. The Morgan fingerprint density at radius 1 is 1.19 bits per heavy atom. The summed E-state index contributed by atoms with van der Waals surface area (Å²) in [6.07, 6.45) is 1.85. The van der Waals surface area contributed by atoms with Crippen LogP contribution in [0.3, 0.4) is 0 Å². The van der Waals surface area contributed by atoms with Crippen LogP contribution in [0.1, 0.15) is 18.4 Å². The van der Waals surface area contributed by atoms with E-state index in [1.54, 1.807) is 17.5 Å². The van der Waals surface area contributed by atoms with E-state index < -0.39 is 15.6 Å². The van der Waals surface area contributed by atoms with E-state index in [0.717, 1.165) is 18.4 Å². The highest BCUT2D eigenvalue weighted by Crippen LogP contribution is 2.45. The third-order valence-corrected chi connectivity index (χ3v) is 6.62. The first-order valence-electron chi connectivity index (χ1n) is 6.83. The molecular weight excluding hydrogens is 306 g/mol. The summed E-state index contributed by atoms with van der Waals surface area (Å²) in [6, 6.07) is 12.5. The predicted molar refractivity (Wildman–Crippen MR) is 82.6 cm³/mol. The zero-order valence-electron chi connectivity index (χ0n) is 11.4. The van der Waals surface area contributed by atoms with Gasteiger partial charge in [-0.2, -0.15) is 0 Å². The first-order chi connectivity index (χ1) is 10.0. The minimum absolute atomic E-state index is 0.00190. The van der Waals surface area contributed by atoms with Crippen LogP contribution >= 0.6 is 11.3 Å². The highest BCUT2D eigenvalue weighted by Gasteiger charge is 2.45. The van der Waals surface area contributed by atoms with E-state index in [0.29, 0.717) is 0 Å². The Morgan fingerprint density at radius 3 is 2.48 bits per heavy atom. The van der Waals surface area contributed by atoms with Crippen molar-refractivity contribution in [1.29, 1.82) is 0 Å². The first-order valence-corrected chi connectivity index (χ1v) is 9.20. The van der Waals surface area contributed by atoms with Gasteiger partial charge in [0.15, 0.2) is 0 Å². The van der Waals surface area contributed by atoms with Gasteiger partial charge in [-0.05, 0) is 35.8 Å². The number of aliphatic hydroxyl groups is 1. The van der Waals surface area contributed by atoms with Crippen LogP contribution in [0, 0.1) is 5.92 Å². The van der Waals surface area contributed by atoms with Crippen LogP contribution in [0.2, 0.25) is 0 Å². The van der Waals surface area contributed by atoms with E-state index in [2.05, 4.69) is 4.72 Å². The van der Waals surface area contributed by atoms with Gasteiger partial charge in [-0.25, -0.2) is 13.1 Å². The van der Waals surface area contributed by atoms with Gasteiger partial charge in [-0.15, -0.1) is 11.3 Å². The zero-order valence-corrected chi connectivity index (χ0v) is 13.0. The molecule has 4 nitrogen and oxygen atoms in total. The van der Waals surface area contributed by atoms with Crippen molar-refractivity contribution in [1.82, 2.24) is 4.72 Å². The topological polar surface area (TPSA) is 66.4 Å². The standard InChI is InChI=1S/C15H17NO3S2/c17-15(13-8-9-13,12-5-2-1-3-6-12)11-16-21(18,19)14-7-4-10-20-14/h1-7,10,13,16-17H,8-9,11H2. The van der Waals surface area contributed by atoms with Gasteiger partial charge < -0.3 is 5.11 Å². The number of hydrogen-bond acceptors (Lipinski definition) is 4. The van der Waals surface area contributed by atoms with Crippen LogP contribution in [-0.2, 0) is 15.6 Å². The average molecular weight is 323 g/mol. The Balaban J connectivity index is 1.81. The van der Waals surface area contributed by atoms with Gasteiger partial charge in [-0.1, -0.05) is 36.4 Å². The van der Waals surface area contributed by atoms with Crippen molar-refractivity contribution in [2.75, 3.05) is 6.54 Å².